The Hall–Kier alpha value is -2.56. The zero-order valence-corrected chi connectivity index (χ0v) is 21.6. The fourth-order valence-electron chi connectivity index (χ4n) is 6.59. The van der Waals surface area contributed by atoms with Crippen LogP contribution < -0.4 is 10.3 Å². The van der Waals surface area contributed by atoms with Gasteiger partial charge in [-0.1, -0.05) is 0 Å². The Bertz CT molecular complexity index is 1000. The topological polar surface area (TPSA) is 105 Å². The van der Waals surface area contributed by atoms with Gasteiger partial charge in [0.05, 0.1) is 0 Å². The molecule has 1 aromatic heterocycles. The molecule has 3 atom stereocenters. The first-order valence-electron chi connectivity index (χ1n) is 13.4. The van der Waals surface area contributed by atoms with E-state index in [1.165, 1.54) is 0 Å². The molecule has 1 aromatic rings. The van der Waals surface area contributed by atoms with E-state index in [4.69, 9.17) is 0 Å². The molecule has 0 aromatic carbocycles. The van der Waals surface area contributed by atoms with Crippen LogP contribution in [0.5, 0.6) is 0 Å². The van der Waals surface area contributed by atoms with Gasteiger partial charge in [0.25, 0.3) is 5.91 Å². The second kappa shape index (κ2) is 10.1. The fraction of sp³-hybridized carbons (Fsp3) is 0.692. The van der Waals surface area contributed by atoms with Gasteiger partial charge in [-0.2, -0.15) is 0 Å². The van der Waals surface area contributed by atoms with Crippen molar-refractivity contribution in [3.63, 3.8) is 0 Å². The van der Waals surface area contributed by atoms with Crippen LogP contribution in [0.15, 0.2) is 23.9 Å². The van der Waals surface area contributed by atoms with E-state index in [1.807, 2.05) is 18.7 Å². The molecule has 36 heavy (non-hydrogen) atoms. The number of piperidine rings is 1. The van der Waals surface area contributed by atoms with Gasteiger partial charge in [-0.3, -0.25) is 29.1 Å². The van der Waals surface area contributed by atoms with Gasteiger partial charge >= 0.3 is 0 Å². The van der Waals surface area contributed by atoms with Gasteiger partial charge in [-0.25, -0.2) is 0 Å². The molecule has 3 N–H and O–H groups in total. The summed E-state index contributed by atoms with van der Waals surface area (Å²) < 4.78 is 1.71. The summed E-state index contributed by atoms with van der Waals surface area (Å²) in [6.45, 7) is 11.0. The molecule has 4 aliphatic heterocycles. The SMILES string of the molecule is CC(=O)N1CCN(CCN2C3CCC2CC(NC(=O)C2=C(O)c4cccn4N(C(C)C)C2O)C3)CC1. The van der Waals surface area contributed by atoms with E-state index in [2.05, 4.69) is 15.1 Å². The maximum absolute atomic E-state index is 13.3. The lowest BCUT2D eigenvalue weighted by Gasteiger charge is -2.42. The summed E-state index contributed by atoms with van der Waals surface area (Å²) in [7, 11) is 0. The molecule has 10 nitrogen and oxygen atoms in total. The van der Waals surface area contributed by atoms with E-state index in [1.54, 1.807) is 34.9 Å². The minimum absolute atomic E-state index is 0.0226. The number of nitrogens with one attached hydrogen (secondary N) is 1. The molecule has 2 bridgehead atoms. The van der Waals surface area contributed by atoms with Gasteiger partial charge in [0.1, 0.15) is 11.3 Å². The number of carbonyl (C=O) groups is 2. The largest absolute Gasteiger partial charge is 0.505 e. The van der Waals surface area contributed by atoms with Crippen molar-refractivity contribution in [3.05, 3.63) is 29.6 Å². The van der Waals surface area contributed by atoms with Gasteiger partial charge in [0.15, 0.2) is 12.0 Å². The second-order valence-corrected chi connectivity index (χ2v) is 11.0. The number of carbonyl (C=O) groups excluding carboxylic acids is 2. The van der Waals surface area contributed by atoms with Gasteiger partial charge in [-0.15, -0.1) is 0 Å². The van der Waals surface area contributed by atoms with Crippen LogP contribution in [0.2, 0.25) is 0 Å². The number of aliphatic hydroxyl groups excluding tert-OH is 2. The third-order valence-electron chi connectivity index (χ3n) is 8.47. The normalized spacial score (nSPS) is 29.1. The van der Waals surface area contributed by atoms with E-state index in [9.17, 15) is 19.8 Å². The molecule has 4 aliphatic rings. The molecule has 5 rings (SSSR count). The summed E-state index contributed by atoms with van der Waals surface area (Å²) >= 11 is 0. The number of hydrogen-bond acceptors (Lipinski definition) is 7. The lowest BCUT2D eigenvalue weighted by molar-refractivity contribution is -0.130. The van der Waals surface area contributed by atoms with Crippen molar-refractivity contribution in [2.45, 2.75) is 76.8 Å². The number of aliphatic hydroxyl groups is 2. The van der Waals surface area contributed by atoms with Crippen molar-refractivity contribution < 1.29 is 19.8 Å². The summed E-state index contributed by atoms with van der Waals surface area (Å²) in [5, 5.41) is 26.7. The maximum atomic E-state index is 13.3. The predicted octanol–water partition coefficient (Wildman–Crippen LogP) is 0.711. The Morgan fingerprint density at radius 2 is 1.75 bits per heavy atom. The lowest BCUT2D eigenvalue weighted by Crippen LogP contribution is -2.56. The van der Waals surface area contributed by atoms with Gasteiger partial charge in [-0.05, 0) is 51.7 Å². The highest BCUT2D eigenvalue weighted by molar-refractivity contribution is 6.01. The second-order valence-electron chi connectivity index (χ2n) is 11.0. The predicted molar refractivity (Wildman–Crippen MR) is 137 cm³/mol. The number of amides is 2. The molecule has 3 fully saturated rings. The summed E-state index contributed by atoms with van der Waals surface area (Å²) in [6, 6.07) is 4.39. The van der Waals surface area contributed by atoms with Crippen LogP contribution in [0, 0.1) is 0 Å². The molecule has 3 unspecified atom stereocenters. The summed E-state index contributed by atoms with van der Waals surface area (Å²) in [4.78, 5) is 31.9. The molecule has 198 valence electrons. The van der Waals surface area contributed by atoms with Crippen molar-refractivity contribution in [1.82, 2.24) is 24.7 Å². The first-order valence-corrected chi connectivity index (χ1v) is 13.4. The zero-order valence-electron chi connectivity index (χ0n) is 21.6. The molecule has 10 heteroatoms. The Morgan fingerprint density at radius 3 is 2.36 bits per heavy atom. The van der Waals surface area contributed by atoms with E-state index in [0.717, 1.165) is 65.0 Å². The van der Waals surface area contributed by atoms with Crippen molar-refractivity contribution >= 4 is 17.6 Å². The Balaban J connectivity index is 1.18. The van der Waals surface area contributed by atoms with E-state index in [-0.39, 0.29) is 35.2 Å². The first-order chi connectivity index (χ1) is 17.2. The maximum Gasteiger partial charge on any atom is 0.255 e. The summed E-state index contributed by atoms with van der Waals surface area (Å²) in [5.41, 5.74) is 0.535. The van der Waals surface area contributed by atoms with Crippen LogP contribution in [-0.2, 0) is 9.59 Å². The number of aromatic nitrogens is 1. The number of hydrogen-bond donors (Lipinski definition) is 3. The molecule has 0 saturated carbocycles. The monoisotopic (exact) mass is 500 g/mol. The number of nitrogens with zero attached hydrogens (tertiary/aromatic N) is 5. The average Bonchev–Trinajstić information content (AvgIpc) is 3.40. The van der Waals surface area contributed by atoms with Crippen molar-refractivity contribution in [1.29, 1.82) is 0 Å². The highest BCUT2D eigenvalue weighted by Gasteiger charge is 2.43. The highest BCUT2D eigenvalue weighted by Crippen LogP contribution is 2.36. The number of rotatable bonds is 6. The van der Waals surface area contributed by atoms with Crippen LogP contribution in [0.1, 0.15) is 52.1 Å². The summed E-state index contributed by atoms with van der Waals surface area (Å²) in [5.74, 6) is -0.390. The van der Waals surface area contributed by atoms with Crippen LogP contribution in [0.3, 0.4) is 0 Å². The number of fused-ring (bicyclic) bond motifs is 3. The average molecular weight is 501 g/mol. The first kappa shape index (κ1) is 25.1. The van der Waals surface area contributed by atoms with Crippen molar-refractivity contribution in [3.8, 4) is 0 Å². The fourth-order valence-corrected chi connectivity index (χ4v) is 6.59. The molecule has 2 amide bonds. The van der Waals surface area contributed by atoms with Gasteiger partial charge in [0.2, 0.25) is 5.91 Å². The molecular formula is C26H40N6O4. The van der Waals surface area contributed by atoms with Crippen LogP contribution in [-0.4, -0.2) is 111 Å². The quantitative estimate of drug-likeness (QED) is 0.529. The minimum atomic E-state index is -1.22. The third-order valence-corrected chi connectivity index (χ3v) is 8.47. The summed E-state index contributed by atoms with van der Waals surface area (Å²) in [6.07, 6.45) is 4.61. The molecule has 0 spiro atoms. The zero-order chi connectivity index (χ0) is 25.6. The molecular weight excluding hydrogens is 460 g/mol. The van der Waals surface area contributed by atoms with Crippen molar-refractivity contribution in [2.24, 2.45) is 0 Å². The van der Waals surface area contributed by atoms with E-state index >= 15 is 0 Å². The van der Waals surface area contributed by atoms with Crippen molar-refractivity contribution in [2.75, 3.05) is 44.3 Å². The van der Waals surface area contributed by atoms with Crippen LogP contribution in [0.4, 0.5) is 0 Å². The standard InChI is InChI=1S/C26H40N6O4/c1-17(2)32-26(36)23(24(34)22-5-4-8-31(22)32)25(35)27-19-15-20-6-7-21(16-19)30(20)14-11-28-9-12-29(13-10-28)18(3)33/h4-5,8,17,19-21,26,34,36H,6-7,9-16H2,1-3H3,(H,27,35). The Kier molecular flexibility index (Phi) is 7.02. The van der Waals surface area contributed by atoms with Crippen LogP contribution in [0.25, 0.3) is 5.76 Å². The van der Waals surface area contributed by atoms with Gasteiger partial charge < -0.3 is 20.4 Å². The number of piperazine rings is 1. The molecule has 0 radical (unpaired) electrons. The minimum Gasteiger partial charge on any atom is -0.505 e. The molecule has 3 saturated heterocycles. The smallest absolute Gasteiger partial charge is 0.255 e. The highest BCUT2D eigenvalue weighted by atomic mass is 16.3. The van der Waals surface area contributed by atoms with E-state index in [0.29, 0.717) is 17.8 Å². The Morgan fingerprint density at radius 1 is 1.08 bits per heavy atom. The van der Waals surface area contributed by atoms with E-state index < -0.39 is 6.23 Å². The molecule has 0 aliphatic carbocycles. The third kappa shape index (κ3) is 4.62. The Labute approximate surface area is 213 Å². The van der Waals surface area contributed by atoms with Gasteiger partial charge in [0, 0.05) is 76.6 Å². The van der Waals surface area contributed by atoms with Crippen LogP contribution >= 0.6 is 0 Å². The lowest BCUT2D eigenvalue weighted by atomic mass is 9.96. The molecule has 5 heterocycles.